The van der Waals surface area contributed by atoms with E-state index in [4.69, 9.17) is 5.73 Å². The highest BCUT2D eigenvalue weighted by Gasteiger charge is 2.31. The van der Waals surface area contributed by atoms with Gasteiger partial charge in [0.2, 0.25) is 0 Å². The average molecular weight is 235 g/mol. The van der Waals surface area contributed by atoms with E-state index < -0.39 is 17.6 Å². The summed E-state index contributed by atoms with van der Waals surface area (Å²) in [7, 11) is 0. The number of alkyl halides is 3. The van der Waals surface area contributed by atoms with Gasteiger partial charge in [-0.2, -0.15) is 13.2 Å². The minimum atomic E-state index is -4.45. The van der Waals surface area contributed by atoms with Gasteiger partial charge in [0.15, 0.2) is 0 Å². The summed E-state index contributed by atoms with van der Waals surface area (Å²) < 4.78 is 50.3. The molecule has 16 heavy (non-hydrogen) atoms. The van der Waals surface area contributed by atoms with Crippen LogP contribution in [0.5, 0.6) is 0 Å². The first-order chi connectivity index (χ1) is 7.34. The Labute approximate surface area is 91.3 Å². The summed E-state index contributed by atoms with van der Waals surface area (Å²) in [4.78, 5) is 0. The van der Waals surface area contributed by atoms with Crippen LogP contribution in [0.2, 0.25) is 0 Å². The maximum atomic E-state index is 13.2. The zero-order valence-electron chi connectivity index (χ0n) is 8.81. The molecule has 0 aliphatic heterocycles. The van der Waals surface area contributed by atoms with Gasteiger partial charge in [-0.1, -0.05) is 6.92 Å². The molecule has 0 spiro atoms. The molecule has 1 aromatic carbocycles. The summed E-state index contributed by atoms with van der Waals surface area (Å²) in [6.07, 6.45) is -3.74. The van der Waals surface area contributed by atoms with Gasteiger partial charge in [-0.15, -0.1) is 0 Å². The average Bonchev–Trinajstić information content (AvgIpc) is 2.19. The van der Waals surface area contributed by atoms with Crippen LogP contribution in [0.15, 0.2) is 18.2 Å². The van der Waals surface area contributed by atoms with E-state index in [-0.39, 0.29) is 18.0 Å². The summed E-state index contributed by atoms with van der Waals surface area (Å²) in [5, 5.41) is 0. The van der Waals surface area contributed by atoms with Gasteiger partial charge >= 0.3 is 6.18 Å². The zero-order valence-corrected chi connectivity index (χ0v) is 8.81. The Balaban J connectivity index is 3.00. The monoisotopic (exact) mass is 235 g/mol. The van der Waals surface area contributed by atoms with Crippen LogP contribution >= 0.6 is 0 Å². The van der Waals surface area contributed by atoms with Gasteiger partial charge in [-0.25, -0.2) is 4.39 Å². The van der Waals surface area contributed by atoms with E-state index in [0.29, 0.717) is 6.42 Å². The Morgan fingerprint density at radius 1 is 1.31 bits per heavy atom. The van der Waals surface area contributed by atoms with Crippen molar-refractivity contribution < 1.29 is 17.6 Å². The number of hydrogen-bond donors (Lipinski definition) is 1. The Morgan fingerprint density at radius 3 is 2.44 bits per heavy atom. The molecule has 0 aliphatic carbocycles. The number of nitrogens with two attached hydrogens (primary N) is 1. The largest absolute Gasteiger partial charge is 0.416 e. The van der Waals surface area contributed by atoms with Crippen LogP contribution in [0.4, 0.5) is 17.6 Å². The van der Waals surface area contributed by atoms with E-state index >= 15 is 0 Å². The number of hydrogen-bond acceptors (Lipinski definition) is 1. The summed E-state index contributed by atoms with van der Waals surface area (Å²) in [5.41, 5.74) is 4.76. The van der Waals surface area contributed by atoms with Gasteiger partial charge in [0.05, 0.1) is 5.56 Å². The molecule has 0 amide bonds. The maximum absolute atomic E-state index is 13.2. The predicted molar refractivity (Wildman–Crippen MR) is 53.4 cm³/mol. The van der Waals surface area contributed by atoms with Crippen LogP contribution in [0, 0.1) is 5.82 Å². The number of rotatable bonds is 3. The van der Waals surface area contributed by atoms with Crippen LogP contribution in [-0.4, -0.2) is 6.04 Å². The minimum absolute atomic E-state index is 0.0178. The summed E-state index contributed by atoms with van der Waals surface area (Å²) >= 11 is 0. The van der Waals surface area contributed by atoms with Crippen LogP contribution in [0.25, 0.3) is 0 Å². The smallest absolute Gasteiger partial charge is 0.327 e. The Kier molecular flexibility index (Phi) is 3.91. The van der Waals surface area contributed by atoms with E-state index in [2.05, 4.69) is 0 Å². The summed E-state index contributed by atoms with van der Waals surface area (Å²) in [6.45, 7) is 1.80. The summed E-state index contributed by atoms with van der Waals surface area (Å²) in [6, 6.07) is 2.07. The third-order valence-corrected chi connectivity index (χ3v) is 2.38. The second kappa shape index (κ2) is 4.82. The molecule has 0 bridgehead atoms. The Morgan fingerprint density at radius 2 is 1.94 bits per heavy atom. The first kappa shape index (κ1) is 13.0. The Bertz CT molecular complexity index is 359. The van der Waals surface area contributed by atoms with E-state index in [9.17, 15) is 17.6 Å². The second-order valence-electron chi connectivity index (χ2n) is 3.68. The van der Waals surface area contributed by atoms with Gasteiger partial charge < -0.3 is 5.73 Å². The standard InChI is InChI=1S/C11H13F4N/c1-2-9(16)6-7-5-8(11(13,14)15)3-4-10(7)12/h3-5,9H,2,6,16H2,1H3. The highest BCUT2D eigenvalue weighted by atomic mass is 19.4. The van der Waals surface area contributed by atoms with E-state index in [0.717, 1.165) is 18.2 Å². The number of halogens is 4. The molecule has 0 aliphatic rings. The molecule has 1 atom stereocenters. The van der Waals surface area contributed by atoms with Gasteiger partial charge in [-0.3, -0.25) is 0 Å². The maximum Gasteiger partial charge on any atom is 0.416 e. The lowest BCUT2D eigenvalue weighted by atomic mass is 10.0. The fourth-order valence-electron chi connectivity index (χ4n) is 1.33. The van der Waals surface area contributed by atoms with Crippen LogP contribution in [0.3, 0.4) is 0 Å². The normalized spacial score (nSPS) is 13.9. The fourth-order valence-corrected chi connectivity index (χ4v) is 1.33. The second-order valence-corrected chi connectivity index (χ2v) is 3.68. The van der Waals surface area contributed by atoms with Crippen LogP contribution in [0.1, 0.15) is 24.5 Å². The van der Waals surface area contributed by atoms with Crippen molar-refractivity contribution in [1.29, 1.82) is 0 Å². The van der Waals surface area contributed by atoms with Crippen molar-refractivity contribution in [3.8, 4) is 0 Å². The molecule has 1 aromatic rings. The molecular formula is C11H13F4N. The highest BCUT2D eigenvalue weighted by molar-refractivity contribution is 5.27. The third kappa shape index (κ3) is 3.20. The first-order valence-electron chi connectivity index (χ1n) is 4.95. The fraction of sp³-hybridized carbons (Fsp3) is 0.455. The van der Waals surface area contributed by atoms with Crippen molar-refractivity contribution in [2.45, 2.75) is 32.0 Å². The highest BCUT2D eigenvalue weighted by Crippen LogP contribution is 2.30. The quantitative estimate of drug-likeness (QED) is 0.800. The van der Waals surface area contributed by atoms with Crippen molar-refractivity contribution in [3.63, 3.8) is 0 Å². The van der Waals surface area contributed by atoms with Crippen molar-refractivity contribution >= 4 is 0 Å². The minimum Gasteiger partial charge on any atom is -0.327 e. The third-order valence-electron chi connectivity index (χ3n) is 2.38. The molecule has 1 nitrogen and oxygen atoms in total. The molecule has 0 radical (unpaired) electrons. The molecule has 0 aromatic heterocycles. The molecule has 0 heterocycles. The molecule has 0 saturated carbocycles. The topological polar surface area (TPSA) is 26.0 Å². The molecule has 0 saturated heterocycles. The van der Waals surface area contributed by atoms with Gasteiger partial charge in [-0.05, 0) is 36.6 Å². The first-order valence-corrected chi connectivity index (χ1v) is 4.95. The van der Waals surface area contributed by atoms with Gasteiger partial charge in [0.25, 0.3) is 0 Å². The van der Waals surface area contributed by atoms with Crippen LogP contribution in [-0.2, 0) is 12.6 Å². The van der Waals surface area contributed by atoms with E-state index in [1.807, 2.05) is 0 Å². The van der Waals surface area contributed by atoms with Gasteiger partial charge in [0, 0.05) is 6.04 Å². The van der Waals surface area contributed by atoms with Crippen molar-refractivity contribution in [1.82, 2.24) is 0 Å². The Hall–Kier alpha value is -1.10. The lowest BCUT2D eigenvalue weighted by Crippen LogP contribution is -2.22. The SMILES string of the molecule is CCC(N)Cc1cc(C(F)(F)F)ccc1F. The van der Waals surface area contributed by atoms with Crippen LogP contribution < -0.4 is 5.73 Å². The zero-order chi connectivity index (χ0) is 12.3. The van der Waals surface area contributed by atoms with Crippen molar-refractivity contribution in [2.75, 3.05) is 0 Å². The molecule has 2 N–H and O–H groups in total. The molecule has 1 unspecified atom stereocenters. The predicted octanol–water partition coefficient (Wildman–Crippen LogP) is 3.12. The summed E-state index contributed by atoms with van der Waals surface area (Å²) in [5.74, 6) is -0.642. The molecular weight excluding hydrogens is 222 g/mol. The van der Waals surface area contributed by atoms with Crippen molar-refractivity contribution in [3.05, 3.63) is 35.1 Å². The van der Waals surface area contributed by atoms with E-state index in [1.165, 1.54) is 0 Å². The molecule has 5 heteroatoms. The molecule has 0 fully saturated rings. The lowest BCUT2D eigenvalue weighted by Gasteiger charge is -2.12. The molecule has 1 rings (SSSR count). The van der Waals surface area contributed by atoms with Gasteiger partial charge in [0.1, 0.15) is 5.82 Å². The molecule has 90 valence electrons. The van der Waals surface area contributed by atoms with Crippen molar-refractivity contribution in [2.24, 2.45) is 5.73 Å². The van der Waals surface area contributed by atoms with E-state index in [1.54, 1.807) is 6.92 Å². The lowest BCUT2D eigenvalue weighted by molar-refractivity contribution is -0.137. The number of benzene rings is 1.